The Morgan fingerprint density at radius 3 is 2.90 bits per heavy atom. The molecule has 0 aromatic carbocycles. The molecular formula is C13H19ClN4O2. The summed E-state index contributed by atoms with van der Waals surface area (Å²) in [4.78, 5) is 16.0. The smallest absolute Gasteiger partial charge is 0.251 e. The van der Waals surface area contributed by atoms with Crippen molar-refractivity contribution >= 4 is 23.3 Å². The summed E-state index contributed by atoms with van der Waals surface area (Å²) in [5.41, 5.74) is 3.03. The lowest BCUT2D eigenvalue weighted by Gasteiger charge is -2.15. The molecule has 0 aliphatic heterocycles. The molecule has 1 amide bonds. The van der Waals surface area contributed by atoms with Crippen LogP contribution < -0.4 is 16.6 Å². The summed E-state index contributed by atoms with van der Waals surface area (Å²) in [6, 6.07) is 3.09. The van der Waals surface area contributed by atoms with Crippen molar-refractivity contribution in [2.75, 3.05) is 25.7 Å². The maximum absolute atomic E-state index is 12.1. The lowest BCUT2D eigenvalue weighted by Crippen LogP contribution is -2.31. The second-order valence-electron chi connectivity index (χ2n) is 5.13. The Balaban J connectivity index is 1.93. The standard InChI is InChI=1S/C13H19ClN4O2/c1-20-5-4-13(2-3-13)8-16-12(19)9-6-10(14)17-11(7-9)18-15/h6-7H,2-5,8,15H2,1H3,(H,16,19)(H,17,18). The zero-order valence-electron chi connectivity index (χ0n) is 11.4. The molecule has 1 saturated carbocycles. The first-order chi connectivity index (χ1) is 9.58. The number of hydrazine groups is 1. The molecule has 110 valence electrons. The van der Waals surface area contributed by atoms with Gasteiger partial charge in [-0.2, -0.15) is 0 Å². The number of anilines is 1. The van der Waals surface area contributed by atoms with Gasteiger partial charge in [-0.1, -0.05) is 11.6 Å². The number of methoxy groups -OCH3 is 1. The highest BCUT2D eigenvalue weighted by atomic mass is 35.5. The molecule has 2 rings (SSSR count). The van der Waals surface area contributed by atoms with Crippen LogP contribution in [0.3, 0.4) is 0 Å². The van der Waals surface area contributed by atoms with Crippen LogP contribution in [0.25, 0.3) is 0 Å². The van der Waals surface area contributed by atoms with Crippen molar-refractivity contribution in [2.24, 2.45) is 11.3 Å². The van der Waals surface area contributed by atoms with Gasteiger partial charge in [0.1, 0.15) is 11.0 Å². The van der Waals surface area contributed by atoms with Gasteiger partial charge in [0.15, 0.2) is 0 Å². The predicted molar refractivity (Wildman–Crippen MR) is 77.6 cm³/mol. The monoisotopic (exact) mass is 298 g/mol. The molecule has 1 fully saturated rings. The molecule has 6 nitrogen and oxygen atoms in total. The molecule has 1 aromatic heterocycles. The number of aromatic nitrogens is 1. The first-order valence-corrected chi connectivity index (χ1v) is 6.88. The molecular weight excluding hydrogens is 280 g/mol. The van der Waals surface area contributed by atoms with Gasteiger partial charge in [-0.05, 0) is 36.8 Å². The van der Waals surface area contributed by atoms with Gasteiger partial charge in [0, 0.05) is 25.8 Å². The predicted octanol–water partition coefficient (Wildman–Crippen LogP) is 1.57. The van der Waals surface area contributed by atoms with Crippen LogP contribution in [0.15, 0.2) is 12.1 Å². The molecule has 1 aliphatic rings. The van der Waals surface area contributed by atoms with Crippen LogP contribution in [-0.2, 0) is 4.74 Å². The van der Waals surface area contributed by atoms with Gasteiger partial charge in [-0.25, -0.2) is 10.8 Å². The van der Waals surface area contributed by atoms with E-state index in [4.69, 9.17) is 22.2 Å². The second kappa shape index (κ2) is 6.39. The molecule has 0 unspecified atom stereocenters. The van der Waals surface area contributed by atoms with Crippen molar-refractivity contribution in [3.05, 3.63) is 22.8 Å². The summed E-state index contributed by atoms with van der Waals surface area (Å²) in [6.45, 7) is 1.37. The number of nitrogen functional groups attached to an aromatic ring is 1. The number of carbonyl (C=O) groups excluding carboxylic acids is 1. The summed E-state index contributed by atoms with van der Waals surface area (Å²) < 4.78 is 5.09. The molecule has 20 heavy (non-hydrogen) atoms. The number of pyridine rings is 1. The SMILES string of the molecule is COCCC1(CNC(=O)c2cc(Cl)nc(NN)c2)CC1. The van der Waals surface area contributed by atoms with E-state index in [9.17, 15) is 4.79 Å². The van der Waals surface area contributed by atoms with Crippen LogP contribution in [0.1, 0.15) is 29.6 Å². The Kier molecular flexibility index (Phi) is 4.80. The third-order valence-electron chi connectivity index (χ3n) is 3.62. The number of nitrogens with one attached hydrogen (secondary N) is 2. The van der Waals surface area contributed by atoms with Gasteiger partial charge < -0.3 is 15.5 Å². The number of rotatable bonds is 7. The van der Waals surface area contributed by atoms with Gasteiger partial charge in [-0.15, -0.1) is 0 Å². The van der Waals surface area contributed by atoms with Gasteiger partial charge in [0.05, 0.1) is 0 Å². The fourth-order valence-corrected chi connectivity index (χ4v) is 2.29. The van der Waals surface area contributed by atoms with Crippen molar-refractivity contribution in [1.29, 1.82) is 0 Å². The summed E-state index contributed by atoms with van der Waals surface area (Å²) in [7, 11) is 1.69. The number of carbonyl (C=O) groups is 1. The quantitative estimate of drug-likeness (QED) is 0.404. The zero-order chi connectivity index (χ0) is 14.6. The number of amides is 1. The Bertz CT molecular complexity index is 491. The minimum absolute atomic E-state index is 0.172. The maximum atomic E-state index is 12.1. The van der Waals surface area contributed by atoms with E-state index in [0.717, 1.165) is 25.9 Å². The third kappa shape index (κ3) is 3.82. The van der Waals surface area contributed by atoms with E-state index in [1.54, 1.807) is 13.2 Å². The molecule has 0 bridgehead atoms. The fourth-order valence-electron chi connectivity index (χ4n) is 2.08. The van der Waals surface area contributed by atoms with Crippen LogP contribution in [0.5, 0.6) is 0 Å². The third-order valence-corrected chi connectivity index (χ3v) is 3.82. The van der Waals surface area contributed by atoms with Crippen LogP contribution in [0.4, 0.5) is 5.82 Å². The Labute approximate surface area is 123 Å². The lowest BCUT2D eigenvalue weighted by atomic mass is 10.0. The number of nitrogens with zero attached hydrogens (tertiary/aromatic N) is 1. The Morgan fingerprint density at radius 2 is 2.30 bits per heavy atom. The van der Waals surface area contributed by atoms with E-state index in [-0.39, 0.29) is 16.5 Å². The average Bonchev–Trinajstić information content (AvgIpc) is 3.22. The molecule has 0 spiro atoms. The van der Waals surface area contributed by atoms with Gasteiger partial charge in [0.2, 0.25) is 0 Å². The molecule has 1 heterocycles. The van der Waals surface area contributed by atoms with Crippen LogP contribution in [-0.4, -0.2) is 31.2 Å². The molecule has 0 saturated heterocycles. The highest BCUT2D eigenvalue weighted by Crippen LogP contribution is 2.48. The number of nitrogens with two attached hydrogens (primary N) is 1. The van der Waals surface area contributed by atoms with Gasteiger partial charge >= 0.3 is 0 Å². The molecule has 1 aliphatic carbocycles. The zero-order valence-corrected chi connectivity index (χ0v) is 12.2. The summed E-state index contributed by atoms with van der Waals surface area (Å²) in [5.74, 6) is 5.47. The van der Waals surface area contributed by atoms with E-state index in [0.29, 0.717) is 17.9 Å². The van der Waals surface area contributed by atoms with E-state index in [2.05, 4.69) is 15.7 Å². The number of halogens is 1. The number of ether oxygens (including phenoxy) is 1. The lowest BCUT2D eigenvalue weighted by molar-refractivity contribution is 0.0938. The molecule has 0 radical (unpaired) electrons. The summed E-state index contributed by atoms with van der Waals surface area (Å²) in [6.07, 6.45) is 3.23. The Hall–Kier alpha value is -1.37. The topological polar surface area (TPSA) is 89.3 Å². The van der Waals surface area contributed by atoms with E-state index < -0.39 is 0 Å². The maximum Gasteiger partial charge on any atom is 0.251 e. The Morgan fingerprint density at radius 1 is 1.55 bits per heavy atom. The fraction of sp³-hybridized carbons (Fsp3) is 0.538. The highest BCUT2D eigenvalue weighted by Gasteiger charge is 2.42. The van der Waals surface area contributed by atoms with E-state index in [1.807, 2.05) is 0 Å². The second-order valence-corrected chi connectivity index (χ2v) is 5.52. The van der Waals surface area contributed by atoms with E-state index >= 15 is 0 Å². The number of hydrogen-bond donors (Lipinski definition) is 3. The molecule has 4 N–H and O–H groups in total. The first kappa shape index (κ1) is 15.0. The van der Waals surface area contributed by atoms with Gasteiger partial charge in [0.25, 0.3) is 5.91 Å². The molecule has 7 heteroatoms. The first-order valence-electron chi connectivity index (χ1n) is 6.50. The normalized spacial score (nSPS) is 15.8. The average molecular weight is 299 g/mol. The summed E-state index contributed by atoms with van der Waals surface area (Å²) >= 11 is 5.84. The van der Waals surface area contributed by atoms with Crippen molar-refractivity contribution in [2.45, 2.75) is 19.3 Å². The van der Waals surface area contributed by atoms with Crippen molar-refractivity contribution in [1.82, 2.24) is 10.3 Å². The molecule has 0 atom stereocenters. The summed E-state index contributed by atoms with van der Waals surface area (Å²) in [5, 5.41) is 3.17. The van der Waals surface area contributed by atoms with Gasteiger partial charge in [-0.3, -0.25) is 4.79 Å². The van der Waals surface area contributed by atoms with Crippen molar-refractivity contribution in [3.63, 3.8) is 0 Å². The molecule has 1 aromatic rings. The van der Waals surface area contributed by atoms with Crippen molar-refractivity contribution in [3.8, 4) is 0 Å². The minimum Gasteiger partial charge on any atom is -0.385 e. The minimum atomic E-state index is -0.172. The van der Waals surface area contributed by atoms with Crippen LogP contribution >= 0.6 is 11.6 Å². The highest BCUT2D eigenvalue weighted by molar-refractivity contribution is 6.29. The van der Waals surface area contributed by atoms with Crippen LogP contribution in [0, 0.1) is 5.41 Å². The number of hydrogen-bond acceptors (Lipinski definition) is 5. The van der Waals surface area contributed by atoms with Crippen molar-refractivity contribution < 1.29 is 9.53 Å². The van der Waals surface area contributed by atoms with E-state index in [1.165, 1.54) is 6.07 Å². The van der Waals surface area contributed by atoms with Crippen LogP contribution in [0.2, 0.25) is 5.15 Å². The largest absolute Gasteiger partial charge is 0.385 e.